The molecule has 0 atom stereocenters. The van der Waals surface area contributed by atoms with Gasteiger partial charge in [-0.1, -0.05) is 18.2 Å². The van der Waals surface area contributed by atoms with Crippen molar-refractivity contribution in [3.05, 3.63) is 101 Å². The van der Waals surface area contributed by atoms with Crippen molar-refractivity contribution >= 4 is 28.8 Å². The zero-order valence-electron chi connectivity index (χ0n) is 20.2. The van der Waals surface area contributed by atoms with Crippen molar-refractivity contribution in [2.24, 2.45) is 0 Å². The van der Waals surface area contributed by atoms with Gasteiger partial charge in [0.25, 0.3) is 11.5 Å². The summed E-state index contributed by atoms with van der Waals surface area (Å²) in [5, 5.41) is 5.64. The number of nitrogens with zero attached hydrogens (tertiary/aromatic N) is 5. The van der Waals surface area contributed by atoms with Gasteiger partial charge in [0.1, 0.15) is 5.69 Å². The molecule has 37 heavy (non-hydrogen) atoms. The number of fused-ring (bicyclic) bond motifs is 1. The molecule has 0 spiro atoms. The third-order valence-corrected chi connectivity index (χ3v) is 6.33. The highest BCUT2D eigenvalue weighted by molar-refractivity contribution is 6.00. The third-order valence-electron chi connectivity index (χ3n) is 6.33. The van der Waals surface area contributed by atoms with E-state index in [4.69, 9.17) is 0 Å². The summed E-state index contributed by atoms with van der Waals surface area (Å²) < 4.78 is 1.34. The van der Waals surface area contributed by atoms with Gasteiger partial charge in [0.15, 0.2) is 5.65 Å². The van der Waals surface area contributed by atoms with Gasteiger partial charge >= 0.3 is 0 Å². The molecule has 5 rings (SSSR count). The first-order valence-electron chi connectivity index (χ1n) is 12.1. The molecule has 3 aromatic heterocycles. The van der Waals surface area contributed by atoms with Gasteiger partial charge in [-0.15, -0.1) is 0 Å². The lowest BCUT2D eigenvalue weighted by molar-refractivity contribution is -0.119. The van der Waals surface area contributed by atoms with Crippen LogP contribution < -0.4 is 21.1 Å². The van der Waals surface area contributed by atoms with Crippen LogP contribution in [-0.2, 0) is 11.3 Å². The Hall–Kier alpha value is -4.73. The largest absolute Gasteiger partial charge is 0.370 e. The molecule has 4 heterocycles. The first kappa shape index (κ1) is 24.0. The number of piperazine rings is 1. The van der Waals surface area contributed by atoms with Crippen molar-refractivity contribution in [1.82, 2.24) is 24.6 Å². The fourth-order valence-electron chi connectivity index (χ4n) is 4.31. The Balaban J connectivity index is 1.24. The van der Waals surface area contributed by atoms with E-state index in [1.54, 1.807) is 35.6 Å². The molecule has 0 bridgehead atoms. The lowest BCUT2D eigenvalue weighted by atomic mass is 10.2. The van der Waals surface area contributed by atoms with Crippen molar-refractivity contribution in [2.45, 2.75) is 6.54 Å². The Kier molecular flexibility index (Phi) is 7.07. The highest BCUT2D eigenvalue weighted by atomic mass is 16.2. The minimum absolute atomic E-state index is 0.0849. The maximum atomic E-state index is 13.3. The quantitative estimate of drug-likeness (QED) is 0.400. The number of aromatic nitrogens is 3. The minimum Gasteiger partial charge on any atom is -0.370 e. The fourth-order valence-corrected chi connectivity index (χ4v) is 4.31. The fraction of sp³-hybridized carbons (Fsp3) is 0.222. The van der Waals surface area contributed by atoms with Gasteiger partial charge in [-0.05, 0) is 42.0 Å². The SMILES string of the molecule is O=C(CNc1cnc2c(C(=O)N3CCN(c4ccccc4)CC3)cccn2c1=O)NCc1ccncc1. The van der Waals surface area contributed by atoms with Gasteiger partial charge < -0.3 is 20.4 Å². The van der Waals surface area contributed by atoms with Crippen LogP contribution in [0.2, 0.25) is 0 Å². The third kappa shape index (κ3) is 5.43. The molecule has 10 heteroatoms. The van der Waals surface area contributed by atoms with E-state index in [1.807, 2.05) is 30.3 Å². The molecule has 1 aliphatic rings. The Morgan fingerprint density at radius 3 is 2.43 bits per heavy atom. The van der Waals surface area contributed by atoms with E-state index in [9.17, 15) is 14.4 Å². The lowest BCUT2D eigenvalue weighted by Crippen LogP contribution is -2.49. The Bertz CT molecular complexity index is 1450. The highest BCUT2D eigenvalue weighted by Crippen LogP contribution is 2.18. The Morgan fingerprint density at radius 1 is 0.919 bits per heavy atom. The van der Waals surface area contributed by atoms with Crippen LogP contribution in [0.15, 0.2) is 84.2 Å². The second-order valence-corrected chi connectivity index (χ2v) is 8.69. The van der Waals surface area contributed by atoms with E-state index in [0.717, 1.165) is 24.3 Å². The topological polar surface area (TPSA) is 112 Å². The van der Waals surface area contributed by atoms with Crippen molar-refractivity contribution in [3.8, 4) is 0 Å². The molecular weight excluding hydrogens is 470 g/mol. The van der Waals surface area contributed by atoms with Gasteiger partial charge in [-0.25, -0.2) is 4.98 Å². The summed E-state index contributed by atoms with van der Waals surface area (Å²) in [5.74, 6) is -0.422. The van der Waals surface area contributed by atoms with Crippen molar-refractivity contribution < 1.29 is 9.59 Å². The molecular formula is C27H27N7O3. The Labute approximate surface area is 213 Å². The number of hydrogen-bond donors (Lipinski definition) is 2. The van der Waals surface area contributed by atoms with Gasteiger partial charge in [-0.2, -0.15) is 0 Å². The van der Waals surface area contributed by atoms with Gasteiger partial charge in [-0.3, -0.25) is 23.8 Å². The average molecular weight is 498 g/mol. The Morgan fingerprint density at radius 2 is 1.68 bits per heavy atom. The number of nitrogens with one attached hydrogen (secondary N) is 2. The normalized spacial score (nSPS) is 13.4. The van der Waals surface area contributed by atoms with E-state index in [0.29, 0.717) is 25.2 Å². The van der Waals surface area contributed by atoms with Crippen molar-refractivity contribution in [1.29, 1.82) is 0 Å². The average Bonchev–Trinajstić information content (AvgIpc) is 2.96. The molecule has 0 radical (unpaired) electrons. The highest BCUT2D eigenvalue weighted by Gasteiger charge is 2.24. The summed E-state index contributed by atoms with van der Waals surface area (Å²) in [6.07, 6.45) is 6.26. The lowest BCUT2D eigenvalue weighted by Gasteiger charge is -2.36. The monoisotopic (exact) mass is 497 g/mol. The van der Waals surface area contributed by atoms with Crippen LogP contribution in [-0.4, -0.2) is 63.8 Å². The number of carbonyl (C=O) groups is 2. The van der Waals surface area contributed by atoms with Crippen LogP contribution >= 0.6 is 0 Å². The van der Waals surface area contributed by atoms with Crippen LogP contribution in [0.5, 0.6) is 0 Å². The van der Waals surface area contributed by atoms with E-state index in [1.165, 1.54) is 10.6 Å². The van der Waals surface area contributed by atoms with Gasteiger partial charge in [0.05, 0.1) is 18.3 Å². The molecule has 0 aliphatic carbocycles. The van der Waals surface area contributed by atoms with Crippen LogP contribution in [0.25, 0.3) is 5.65 Å². The standard InChI is InChI=1S/C27H27N7O3/c35-24(30-17-20-8-10-28-11-9-20)19-29-23-18-31-25-22(7-4-12-34(25)27(23)37)26(36)33-15-13-32(14-16-33)21-5-2-1-3-6-21/h1-12,18,29H,13-17,19H2,(H,30,35). The zero-order valence-corrected chi connectivity index (χ0v) is 20.2. The van der Waals surface area contributed by atoms with E-state index >= 15 is 0 Å². The summed E-state index contributed by atoms with van der Waals surface area (Å²) in [5.41, 5.74) is 2.52. The van der Waals surface area contributed by atoms with Gasteiger partial charge in [0, 0.05) is 57.0 Å². The number of carbonyl (C=O) groups excluding carboxylic acids is 2. The van der Waals surface area contributed by atoms with Crippen LogP contribution in [0.3, 0.4) is 0 Å². The van der Waals surface area contributed by atoms with E-state index in [2.05, 4.69) is 37.6 Å². The summed E-state index contributed by atoms with van der Waals surface area (Å²) in [4.78, 5) is 51.0. The number of para-hydroxylation sites is 1. The summed E-state index contributed by atoms with van der Waals surface area (Å²) in [6, 6.07) is 17.1. The van der Waals surface area contributed by atoms with Crippen molar-refractivity contribution in [3.63, 3.8) is 0 Å². The molecule has 2 N–H and O–H groups in total. The van der Waals surface area contributed by atoms with Crippen molar-refractivity contribution in [2.75, 3.05) is 42.9 Å². The molecule has 2 amide bonds. The van der Waals surface area contributed by atoms with Crippen LogP contribution in [0, 0.1) is 0 Å². The molecule has 1 aromatic carbocycles. The molecule has 1 aliphatic heterocycles. The summed E-state index contributed by atoms with van der Waals surface area (Å²) >= 11 is 0. The summed E-state index contributed by atoms with van der Waals surface area (Å²) in [6.45, 7) is 2.89. The number of hydrogen-bond acceptors (Lipinski definition) is 7. The first-order chi connectivity index (χ1) is 18.1. The number of benzene rings is 1. The number of rotatable bonds is 7. The number of anilines is 2. The van der Waals surface area contributed by atoms with E-state index < -0.39 is 0 Å². The van der Waals surface area contributed by atoms with Crippen LogP contribution in [0.1, 0.15) is 15.9 Å². The predicted molar refractivity (Wildman–Crippen MR) is 141 cm³/mol. The first-order valence-corrected chi connectivity index (χ1v) is 12.1. The molecule has 0 saturated carbocycles. The molecule has 4 aromatic rings. The number of amides is 2. The van der Waals surface area contributed by atoms with E-state index in [-0.39, 0.29) is 35.3 Å². The second kappa shape index (κ2) is 10.9. The summed E-state index contributed by atoms with van der Waals surface area (Å²) in [7, 11) is 0. The minimum atomic E-state index is -0.379. The zero-order chi connectivity index (χ0) is 25.6. The second-order valence-electron chi connectivity index (χ2n) is 8.69. The molecule has 188 valence electrons. The molecule has 0 unspecified atom stereocenters. The smallest absolute Gasteiger partial charge is 0.281 e. The molecule has 1 saturated heterocycles. The van der Waals surface area contributed by atoms with Gasteiger partial charge in [0.2, 0.25) is 5.91 Å². The molecule has 1 fully saturated rings. The molecule has 10 nitrogen and oxygen atoms in total. The maximum absolute atomic E-state index is 13.3. The number of pyridine rings is 2. The predicted octanol–water partition coefficient (Wildman–Crippen LogP) is 1.78. The maximum Gasteiger partial charge on any atom is 0.281 e. The van der Waals surface area contributed by atoms with Crippen LogP contribution in [0.4, 0.5) is 11.4 Å².